The van der Waals surface area contributed by atoms with Gasteiger partial charge in [0.1, 0.15) is 5.82 Å². The van der Waals surface area contributed by atoms with Crippen LogP contribution in [0.2, 0.25) is 5.02 Å². The molecule has 3 aromatic rings. The lowest BCUT2D eigenvalue weighted by atomic mass is 10.3. The Morgan fingerprint density at radius 3 is 2.76 bits per heavy atom. The normalized spacial score (nSPS) is 12.0. The average molecular weight is 395 g/mol. The quantitative estimate of drug-likeness (QED) is 0.562. The molecule has 0 radical (unpaired) electrons. The van der Waals surface area contributed by atoms with Crippen LogP contribution in [0.5, 0.6) is 0 Å². The number of carbonyl (C=O) groups excluding carboxylic acids is 1. The van der Waals surface area contributed by atoms with Crippen LogP contribution < -0.4 is 4.80 Å². The smallest absolute Gasteiger partial charge is 0.249 e. The number of aryl methyl sites for hydroxylation is 1. The number of carbonyl (C=O) groups is 1. The lowest BCUT2D eigenvalue weighted by Gasteiger charge is -2.01. The topological polar surface area (TPSA) is 34.4 Å². The van der Waals surface area contributed by atoms with Crippen molar-refractivity contribution in [3.05, 3.63) is 58.1 Å². The van der Waals surface area contributed by atoms with Crippen molar-refractivity contribution in [1.82, 2.24) is 4.57 Å². The van der Waals surface area contributed by atoms with Gasteiger partial charge in [-0.3, -0.25) is 4.79 Å². The Morgan fingerprint density at radius 2 is 2.04 bits per heavy atom. The Bertz CT molecular complexity index is 963. The first kappa shape index (κ1) is 18.2. The molecule has 0 spiro atoms. The molecule has 1 aromatic heterocycles. The molecule has 0 fully saturated rings. The maximum atomic E-state index is 13.4. The van der Waals surface area contributed by atoms with Crippen LogP contribution in [0.4, 0.5) is 4.39 Å². The molecule has 2 aromatic carbocycles. The maximum Gasteiger partial charge on any atom is 0.249 e. The number of thioether (sulfide) groups is 1. The fraction of sp³-hybridized carbons (Fsp3) is 0.222. The van der Waals surface area contributed by atoms with Crippen LogP contribution in [-0.4, -0.2) is 16.2 Å². The number of aromatic nitrogens is 1. The second-order valence-electron chi connectivity index (χ2n) is 5.30. The van der Waals surface area contributed by atoms with Crippen molar-refractivity contribution in [2.75, 3.05) is 5.75 Å². The highest BCUT2D eigenvalue weighted by molar-refractivity contribution is 7.99. The predicted octanol–water partition coefficient (Wildman–Crippen LogP) is 5.12. The van der Waals surface area contributed by atoms with Crippen LogP contribution in [0, 0.1) is 5.82 Å². The van der Waals surface area contributed by atoms with Gasteiger partial charge in [0.15, 0.2) is 4.80 Å². The average Bonchev–Trinajstić information content (AvgIpc) is 2.92. The van der Waals surface area contributed by atoms with E-state index in [1.54, 1.807) is 17.8 Å². The molecule has 130 valence electrons. The number of thiazole rings is 1. The second-order valence-corrected chi connectivity index (χ2v) is 7.91. The number of nitrogens with zero attached hydrogens (tertiary/aromatic N) is 2. The fourth-order valence-corrected chi connectivity index (χ4v) is 4.49. The summed E-state index contributed by atoms with van der Waals surface area (Å²) in [7, 11) is 0. The Morgan fingerprint density at radius 1 is 1.28 bits per heavy atom. The van der Waals surface area contributed by atoms with E-state index in [1.165, 1.54) is 23.5 Å². The van der Waals surface area contributed by atoms with E-state index in [-0.39, 0.29) is 11.7 Å². The summed E-state index contributed by atoms with van der Waals surface area (Å²) in [6, 6.07) is 12.2. The van der Waals surface area contributed by atoms with Gasteiger partial charge in [-0.15, -0.1) is 11.8 Å². The standard InChI is InChI=1S/C18H16ClFN2OS2/c1-2-22-15-8-5-13(20)11-16(15)25-18(22)21-17(23)9-10-24-14-6-3-12(19)4-7-14/h3-8,11H,2,9-10H2,1H3. The maximum absolute atomic E-state index is 13.4. The third kappa shape index (κ3) is 4.51. The largest absolute Gasteiger partial charge is 0.317 e. The third-order valence-electron chi connectivity index (χ3n) is 3.58. The Labute approximate surface area is 158 Å². The summed E-state index contributed by atoms with van der Waals surface area (Å²) >= 11 is 8.78. The molecule has 0 aliphatic rings. The van der Waals surface area contributed by atoms with Crippen LogP contribution >= 0.6 is 34.7 Å². The van der Waals surface area contributed by atoms with Crippen molar-refractivity contribution in [2.45, 2.75) is 24.8 Å². The van der Waals surface area contributed by atoms with E-state index in [2.05, 4.69) is 4.99 Å². The highest BCUT2D eigenvalue weighted by Gasteiger charge is 2.08. The van der Waals surface area contributed by atoms with Crippen LogP contribution in [0.15, 0.2) is 52.4 Å². The third-order valence-corrected chi connectivity index (χ3v) is 5.89. The van der Waals surface area contributed by atoms with E-state index >= 15 is 0 Å². The van der Waals surface area contributed by atoms with Crippen LogP contribution in [0.25, 0.3) is 10.2 Å². The molecule has 7 heteroatoms. The zero-order chi connectivity index (χ0) is 17.8. The van der Waals surface area contributed by atoms with Crippen molar-refractivity contribution in [3.8, 4) is 0 Å². The summed E-state index contributed by atoms with van der Waals surface area (Å²) in [4.78, 5) is 18.1. The number of benzene rings is 2. The van der Waals surface area contributed by atoms with E-state index in [0.29, 0.717) is 28.5 Å². The van der Waals surface area contributed by atoms with Crippen LogP contribution in [-0.2, 0) is 11.3 Å². The minimum absolute atomic E-state index is 0.171. The highest BCUT2D eigenvalue weighted by Crippen LogP contribution is 2.21. The monoisotopic (exact) mass is 394 g/mol. The number of hydrogen-bond donors (Lipinski definition) is 0. The lowest BCUT2D eigenvalue weighted by Crippen LogP contribution is -2.15. The molecule has 1 amide bonds. The molecular weight excluding hydrogens is 379 g/mol. The van der Waals surface area contributed by atoms with Gasteiger partial charge >= 0.3 is 0 Å². The van der Waals surface area contributed by atoms with E-state index in [0.717, 1.165) is 15.1 Å². The van der Waals surface area contributed by atoms with Crippen molar-refractivity contribution in [3.63, 3.8) is 0 Å². The second kappa shape index (κ2) is 8.17. The molecule has 0 N–H and O–H groups in total. The Kier molecular flexibility index (Phi) is 5.93. The molecule has 25 heavy (non-hydrogen) atoms. The van der Waals surface area contributed by atoms with Gasteiger partial charge in [0, 0.05) is 28.6 Å². The van der Waals surface area contributed by atoms with E-state index < -0.39 is 0 Å². The first-order chi connectivity index (χ1) is 12.1. The van der Waals surface area contributed by atoms with Gasteiger partial charge in [-0.05, 0) is 49.4 Å². The summed E-state index contributed by atoms with van der Waals surface area (Å²) in [5, 5.41) is 0.695. The number of halogens is 2. The number of amides is 1. The summed E-state index contributed by atoms with van der Waals surface area (Å²) < 4.78 is 16.1. The first-order valence-corrected chi connectivity index (χ1v) is 9.99. The SMILES string of the molecule is CCn1c(=NC(=O)CCSc2ccc(Cl)cc2)sc2cc(F)ccc21. The van der Waals surface area contributed by atoms with Gasteiger partial charge < -0.3 is 4.57 Å². The zero-order valence-electron chi connectivity index (χ0n) is 13.5. The van der Waals surface area contributed by atoms with Crippen LogP contribution in [0.1, 0.15) is 13.3 Å². The predicted molar refractivity (Wildman–Crippen MR) is 103 cm³/mol. The van der Waals surface area contributed by atoms with Gasteiger partial charge in [0.25, 0.3) is 0 Å². The molecule has 0 bridgehead atoms. The van der Waals surface area contributed by atoms with Gasteiger partial charge in [-0.25, -0.2) is 4.39 Å². The molecule has 3 nitrogen and oxygen atoms in total. The first-order valence-electron chi connectivity index (χ1n) is 7.81. The molecule has 0 aliphatic carbocycles. The van der Waals surface area contributed by atoms with Gasteiger partial charge in [0.2, 0.25) is 5.91 Å². The summed E-state index contributed by atoms with van der Waals surface area (Å²) in [5.74, 6) is 0.195. The minimum Gasteiger partial charge on any atom is -0.317 e. The number of hydrogen-bond acceptors (Lipinski definition) is 3. The number of fused-ring (bicyclic) bond motifs is 1. The summed E-state index contributed by atoms with van der Waals surface area (Å²) in [6.45, 7) is 2.66. The fourth-order valence-electron chi connectivity index (χ4n) is 2.39. The zero-order valence-corrected chi connectivity index (χ0v) is 15.9. The van der Waals surface area contributed by atoms with Crippen molar-refractivity contribution >= 4 is 50.8 Å². The Balaban J connectivity index is 1.72. The summed E-state index contributed by atoms with van der Waals surface area (Å²) in [6.07, 6.45) is 0.347. The highest BCUT2D eigenvalue weighted by atomic mass is 35.5. The van der Waals surface area contributed by atoms with E-state index in [4.69, 9.17) is 11.6 Å². The Hall–Kier alpha value is -1.63. The molecule has 0 saturated carbocycles. The van der Waals surface area contributed by atoms with Crippen LogP contribution in [0.3, 0.4) is 0 Å². The van der Waals surface area contributed by atoms with E-state index in [1.807, 2.05) is 35.8 Å². The molecule has 3 rings (SSSR count). The van der Waals surface area contributed by atoms with Crippen molar-refractivity contribution < 1.29 is 9.18 Å². The molecule has 0 saturated heterocycles. The number of rotatable bonds is 5. The van der Waals surface area contributed by atoms with Gasteiger partial charge in [0.05, 0.1) is 10.2 Å². The van der Waals surface area contributed by atoms with E-state index in [9.17, 15) is 9.18 Å². The lowest BCUT2D eigenvalue weighted by molar-refractivity contribution is -0.117. The van der Waals surface area contributed by atoms with Gasteiger partial charge in [-0.1, -0.05) is 22.9 Å². The van der Waals surface area contributed by atoms with Crippen molar-refractivity contribution in [2.24, 2.45) is 4.99 Å². The van der Waals surface area contributed by atoms with Gasteiger partial charge in [-0.2, -0.15) is 4.99 Å². The minimum atomic E-state index is -0.283. The molecule has 0 unspecified atom stereocenters. The summed E-state index contributed by atoms with van der Waals surface area (Å²) in [5.41, 5.74) is 0.899. The molecule has 1 heterocycles. The molecule has 0 aliphatic heterocycles. The van der Waals surface area contributed by atoms with Crippen molar-refractivity contribution in [1.29, 1.82) is 0 Å². The molecular formula is C18H16ClFN2OS2. The molecule has 0 atom stereocenters.